The molecule has 2 aromatic rings. The van der Waals surface area contributed by atoms with E-state index in [0.717, 1.165) is 11.1 Å². The SMILES string of the molecule is NC(=O)O[C@@H](Cc1ccccc1)C(=O)C(Br)Cc1ccccc1. The van der Waals surface area contributed by atoms with E-state index < -0.39 is 17.0 Å². The number of alkyl halides is 1. The number of Topliss-reactive ketones (excluding diaryl/α,β-unsaturated/α-hetero) is 1. The molecular weight excluding hydrogens is 358 g/mol. The molecule has 0 radical (unpaired) electrons. The summed E-state index contributed by atoms with van der Waals surface area (Å²) in [5.41, 5.74) is 7.05. The molecule has 0 aliphatic heterocycles. The second kappa shape index (κ2) is 8.48. The molecule has 1 unspecified atom stereocenters. The first kappa shape index (κ1) is 17.2. The monoisotopic (exact) mass is 375 g/mol. The summed E-state index contributed by atoms with van der Waals surface area (Å²) < 4.78 is 5.03. The summed E-state index contributed by atoms with van der Waals surface area (Å²) in [5.74, 6) is -0.198. The summed E-state index contributed by atoms with van der Waals surface area (Å²) in [6.07, 6.45) is -1.02. The van der Waals surface area contributed by atoms with Crippen LogP contribution in [0.5, 0.6) is 0 Å². The van der Waals surface area contributed by atoms with E-state index in [-0.39, 0.29) is 5.78 Å². The predicted octanol–water partition coefficient (Wildman–Crippen LogP) is 3.27. The van der Waals surface area contributed by atoms with Crippen molar-refractivity contribution in [2.75, 3.05) is 0 Å². The maximum absolute atomic E-state index is 12.6. The Morgan fingerprint density at radius 2 is 1.39 bits per heavy atom. The zero-order valence-corrected chi connectivity index (χ0v) is 14.1. The number of halogens is 1. The second-order valence-corrected chi connectivity index (χ2v) is 6.28. The maximum Gasteiger partial charge on any atom is 0.405 e. The van der Waals surface area contributed by atoms with Gasteiger partial charge in [0.25, 0.3) is 0 Å². The van der Waals surface area contributed by atoms with E-state index in [2.05, 4.69) is 15.9 Å². The van der Waals surface area contributed by atoms with Crippen molar-refractivity contribution in [3.05, 3.63) is 71.8 Å². The summed E-state index contributed by atoms with van der Waals surface area (Å²) in [7, 11) is 0. The molecule has 0 aliphatic rings. The molecule has 0 bridgehead atoms. The lowest BCUT2D eigenvalue weighted by molar-refractivity contribution is -0.126. The Morgan fingerprint density at radius 1 is 0.913 bits per heavy atom. The van der Waals surface area contributed by atoms with Crippen LogP contribution < -0.4 is 5.73 Å². The largest absolute Gasteiger partial charge is 0.438 e. The molecule has 120 valence electrons. The van der Waals surface area contributed by atoms with Crippen molar-refractivity contribution >= 4 is 27.8 Å². The molecule has 0 fully saturated rings. The van der Waals surface area contributed by atoms with E-state index in [4.69, 9.17) is 10.5 Å². The van der Waals surface area contributed by atoms with Gasteiger partial charge >= 0.3 is 6.09 Å². The molecule has 2 atom stereocenters. The number of hydrogen-bond donors (Lipinski definition) is 1. The van der Waals surface area contributed by atoms with Crippen molar-refractivity contribution in [1.29, 1.82) is 0 Å². The van der Waals surface area contributed by atoms with Crippen LogP contribution in [0.25, 0.3) is 0 Å². The Labute approximate surface area is 143 Å². The molecule has 0 saturated heterocycles. The molecule has 2 N–H and O–H groups in total. The molecule has 0 heterocycles. The Bertz CT molecular complexity index is 646. The Morgan fingerprint density at radius 3 is 1.87 bits per heavy atom. The fourth-order valence-electron chi connectivity index (χ4n) is 2.29. The van der Waals surface area contributed by atoms with Gasteiger partial charge in [0.15, 0.2) is 11.9 Å². The third kappa shape index (κ3) is 5.53. The predicted molar refractivity (Wildman–Crippen MR) is 92.5 cm³/mol. The van der Waals surface area contributed by atoms with Crippen molar-refractivity contribution in [2.24, 2.45) is 5.73 Å². The van der Waals surface area contributed by atoms with Gasteiger partial charge in [-0.05, 0) is 17.5 Å². The highest BCUT2D eigenvalue weighted by Gasteiger charge is 2.28. The summed E-state index contributed by atoms with van der Waals surface area (Å²) in [4.78, 5) is 23.3. The molecule has 2 aromatic carbocycles. The fourth-order valence-corrected chi connectivity index (χ4v) is 2.96. The third-order valence-electron chi connectivity index (χ3n) is 3.41. The van der Waals surface area contributed by atoms with Crippen LogP contribution >= 0.6 is 15.9 Å². The highest BCUT2D eigenvalue weighted by Crippen LogP contribution is 2.17. The van der Waals surface area contributed by atoms with Crippen molar-refractivity contribution in [3.63, 3.8) is 0 Å². The number of ketones is 1. The number of nitrogens with two attached hydrogens (primary N) is 1. The van der Waals surface area contributed by atoms with Crippen molar-refractivity contribution in [3.8, 4) is 0 Å². The molecular formula is C18H18BrNO3. The van der Waals surface area contributed by atoms with Crippen LogP contribution in [-0.2, 0) is 22.4 Å². The molecule has 23 heavy (non-hydrogen) atoms. The Hall–Kier alpha value is -2.14. The smallest absolute Gasteiger partial charge is 0.405 e. The van der Waals surface area contributed by atoms with Gasteiger partial charge in [-0.3, -0.25) is 4.79 Å². The minimum Gasteiger partial charge on any atom is -0.438 e. The lowest BCUT2D eigenvalue weighted by Crippen LogP contribution is -2.37. The molecule has 0 spiro atoms. The summed E-state index contributed by atoms with van der Waals surface area (Å²) in [6, 6.07) is 19.0. The van der Waals surface area contributed by atoms with Crippen LogP contribution in [-0.4, -0.2) is 22.8 Å². The van der Waals surface area contributed by atoms with Crippen LogP contribution in [0.15, 0.2) is 60.7 Å². The average molecular weight is 376 g/mol. The van der Waals surface area contributed by atoms with Gasteiger partial charge in [0.05, 0.1) is 4.83 Å². The number of carbonyl (C=O) groups excluding carboxylic acids is 2. The number of amides is 1. The van der Waals surface area contributed by atoms with Crippen molar-refractivity contribution < 1.29 is 14.3 Å². The number of primary amides is 1. The first-order chi connectivity index (χ1) is 11.1. The minimum atomic E-state index is -0.946. The lowest BCUT2D eigenvalue weighted by atomic mass is 10.00. The molecule has 0 aromatic heterocycles. The van der Waals surface area contributed by atoms with Crippen LogP contribution in [0.2, 0.25) is 0 Å². The standard InChI is InChI=1S/C18H18BrNO3/c19-15(11-13-7-3-1-4-8-13)17(21)16(23-18(20)22)12-14-9-5-2-6-10-14/h1-10,15-16H,11-12H2,(H2,20,22)/t15?,16-/m0/s1. The van der Waals surface area contributed by atoms with E-state index >= 15 is 0 Å². The number of hydrogen-bond acceptors (Lipinski definition) is 3. The van der Waals surface area contributed by atoms with Crippen LogP contribution in [0, 0.1) is 0 Å². The first-order valence-corrected chi connectivity index (χ1v) is 8.19. The fraction of sp³-hybridized carbons (Fsp3) is 0.222. The van der Waals surface area contributed by atoms with Gasteiger partial charge in [-0.2, -0.15) is 0 Å². The van der Waals surface area contributed by atoms with Crippen LogP contribution in [0.4, 0.5) is 4.79 Å². The summed E-state index contributed by atoms with van der Waals surface area (Å²) in [5, 5.41) is 0. The van der Waals surface area contributed by atoms with Crippen LogP contribution in [0.1, 0.15) is 11.1 Å². The van der Waals surface area contributed by atoms with Gasteiger partial charge in [-0.25, -0.2) is 4.79 Å². The summed E-state index contributed by atoms with van der Waals surface area (Å²) >= 11 is 3.40. The quantitative estimate of drug-likeness (QED) is 0.754. The minimum absolute atomic E-state index is 0.198. The van der Waals surface area contributed by atoms with Crippen molar-refractivity contribution in [1.82, 2.24) is 0 Å². The van der Waals surface area contributed by atoms with Gasteiger partial charge in [0.1, 0.15) is 0 Å². The Balaban J connectivity index is 2.07. The van der Waals surface area contributed by atoms with E-state index in [0.29, 0.717) is 12.8 Å². The normalized spacial score (nSPS) is 13.1. The van der Waals surface area contributed by atoms with E-state index in [1.165, 1.54) is 0 Å². The van der Waals surface area contributed by atoms with Gasteiger partial charge in [0.2, 0.25) is 0 Å². The van der Waals surface area contributed by atoms with E-state index in [1.54, 1.807) is 0 Å². The lowest BCUT2D eigenvalue weighted by Gasteiger charge is -2.19. The Kier molecular flexibility index (Phi) is 6.35. The third-order valence-corrected chi connectivity index (χ3v) is 4.18. The number of benzene rings is 2. The molecule has 0 saturated carbocycles. The molecule has 1 amide bonds. The van der Waals surface area contributed by atoms with E-state index in [1.807, 2.05) is 60.7 Å². The second-order valence-electron chi connectivity index (χ2n) is 5.17. The number of carbonyl (C=O) groups is 2. The molecule has 0 aliphatic carbocycles. The van der Waals surface area contributed by atoms with Gasteiger partial charge < -0.3 is 10.5 Å². The average Bonchev–Trinajstić information content (AvgIpc) is 2.55. The molecule has 2 rings (SSSR count). The number of ether oxygens (including phenoxy) is 1. The van der Waals surface area contributed by atoms with Gasteiger partial charge in [-0.1, -0.05) is 76.6 Å². The number of rotatable bonds is 7. The maximum atomic E-state index is 12.6. The van der Waals surface area contributed by atoms with Gasteiger partial charge in [0, 0.05) is 6.42 Å². The zero-order chi connectivity index (χ0) is 16.7. The molecule has 5 heteroatoms. The van der Waals surface area contributed by atoms with Crippen molar-refractivity contribution in [2.45, 2.75) is 23.8 Å². The highest BCUT2D eigenvalue weighted by atomic mass is 79.9. The van der Waals surface area contributed by atoms with Crippen LogP contribution in [0.3, 0.4) is 0 Å². The summed E-state index contributed by atoms with van der Waals surface area (Å²) in [6.45, 7) is 0. The topological polar surface area (TPSA) is 69.4 Å². The first-order valence-electron chi connectivity index (χ1n) is 7.28. The molecule has 4 nitrogen and oxygen atoms in total. The zero-order valence-electron chi connectivity index (χ0n) is 12.5. The van der Waals surface area contributed by atoms with Gasteiger partial charge in [-0.15, -0.1) is 0 Å². The highest BCUT2D eigenvalue weighted by molar-refractivity contribution is 9.10. The van der Waals surface area contributed by atoms with E-state index in [9.17, 15) is 9.59 Å².